The topological polar surface area (TPSA) is 132 Å². The maximum absolute atomic E-state index is 12.7. The SMILES string of the molecule is CC/C=C\C/C=C\C/C=C\C/C=C\C/C=C\C/C=C\C/C=C\CCCCOCC(COP(=O)(O)OCC(O)CO)OC(=O)CCCCCCCCCCCCCCCCCCCCCC. The summed E-state index contributed by atoms with van der Waals surface area (Å²) < 4.78 is 33.5. The van der Waals surface area contributed by atoms with Gasteiger partial charge in [-0.3, -0.25) is 13.8 Å². The van der Waals surface area contributed by atoms with E-state index < -0.39 is 45.8 Å². The molecule has 0 spiro atoms. The van der Waals surface area contributed by atoms with Gasteiger partial charge in [-0.1, -0.05) is 221 Å². The maximum Gasteiger partial charge on any atom is 0.472 e. The first-order valence-electron chi connectivity index (χ1n) is 26.1. The van der Waals surface area contributed by atoms with Crippen molar-refractivity contribution in [3.8, 4) is 0 Å². The normalized spacial score (nSPS) is 14.5. The Morgan fingerprint density at radius 2 is 0.877 bits per heavy atom. The quantitative estimate of drug-likeness (QED) is 0.0236. The number of hydrogen-bond acceptors (Lipinski definition) is 8. The number of carbonyl (C=O) groups excluding carboxylic acids is 1. The monoisotopic (exact) mass is 933 g/mol. The van der Waals surface area contributed by atoms with Crippen molar-refractivity contribution in [2.24, 2.45) is 0 Å². The van der Waals surface area contributed by atoms with Crippen molar-refractivity contribution in [1.82, 2.24) is 0 Å². The first-order valence-corrected chi connectivity index (χ1v) is 27.6. The van der Waals surface area contributed by atoms with Gasteiger partial charge in [0.25, 0.3) is 0 Å². The van der Waals surface area contributed by atoms with Crippen molar-refractivity contribution in [1.29, 1.82) is 0 Å². The van der Waals surface area contributed by atoms with Crippen LogP contribution in [0.25, 0.3) is 0 Å². The molecule has 0 aromatic heterocycles. The Bertz CT molecular complexity index is 1290. The Hall–Kier alpha value is -2.36. The summed E-state index contributed by atoms with van der Waals surface area (Å²) in [4.78, 5) is 22.7. The van der Waals surface area contributed by atoms with E-state index in [1.54, 1.807) is 0 Å². The van der Waals surface area contributed by atoms with Gasteiger partial charge in [-0.05, 0) is 70.6 Å². The molecule has 0 heterocycles. The fourth-order valence-corrected chi connectivity index (χ4v) is 7.71. The third kappa shape index (κ3) is 50.9. The summed E-state index contributed by atoms with van der Waals surface area (Å²) >= 11 is 0. The van der Waals surface area contributed by atoms with Crippen LogP contribution in [0.5, 0.6) is 0 Å². The molecule has 3 N–H and O–H groups in total. The van der Waals surface area contributed by atoms with Gasteiger partial charge in [-0.2, -0.15) is 0 Å². The summed E-state index contributed by atoms with van der Waals surface area (Å²) in [5.41, 5.74) is 0. The molecule has 0 aliphatic rings. The zero-order chi connectivity index (χ0) is 47.4. The zero-order valence-electron chi connectivity index (χ0n) is 41.4. The average molecular weight is 933 g/mol. The first-order chi connectivity index (χ1) is 31.8. The average Bonchev–Trinajstić information content (AvgIpc) is 3.30. The second-order valence-electron chi connectivity index (χ2n) is 17.2. The van der Waals surface area contributed by atoms with Crippen LogP contribution >= 0.6 is 7.82 Å². The highest BCUT2D eigenvalue weighted by atomic mass is 31.2. The van der Waals surface area contributed by atoms with Crippen molar-refractivity contribution in [2.45, 2.75) is 225 Å². The Kier molecular flexibility index (Phi) is 49.2. The minimum atomic E-state index is -4.54. The third-order valence-electron chi connectivity index (χ3n) is 10.8. The van der Waals surface area contributed by atoms with Crippen LogP contribution in [-0.4, -0.2) is 66.3 Å². The molecule has 0 fully saturated rings. The van der Waals surface area contributed by atoms with E-state index in [1.807, 2.05) is 0 Å². The molecule has 0 bridgehead atoms. The van der Waals surface area contributed by atoms with Crippen molar-refractivity contribution >= 4 is 13.8 Å². The third-order valence-corrected chi connectivity index (χ3v) is 11.8. The molecule has 0 amide bonds. The summed E-state index contributed by atoms with van der Waals surface area (Å²) in [6.45, 7) is 3.31. The number of phosphoric acid groups is 1. The Morgan fingerprint density at radius 3 is 1.29 bits per heavy atom. The van der Waals surface area contributed by atoms with Crippen molar-refractivity contribution in [2.75, 3.05) is 33.0 Å². The number of carbonyl (C=O) groups is 1. The predicted molar refractivity (Wildman–Crippen MR) is 274 cm³/mol. The van der Waals surface area contributed by atoms with Gasteiger partial charge >= 0.3 is 13.8 Å². The molecule has 3 unspecified atom stereocenters. The molecular weight excluding hydrogens is 836 g/mol. The van der Waals surface area contributed by atoms with Crippen molar-refractivity contribution in [3.63, 3.8) is 0 Å². The van der Waals surface area contributed by atoms with Crippen LogP contribution in [0.15, 0.2) is 85.1 Å². The largest absolute Gasteiger partial charge is 0.472 e. The van der Waals surface area contributed by atoms with Gasteiger partial charge in [0.15, 0.2) is 0 Å². The molecule has 0 aromatic carbocycles. The highest BCUT2D eigenvalue weighted by Crippen LogP contribution is 2.43. The fourth-order valence-electron chi connectivity index (χ4n) is 6.92. The highest BCUT2D eigenvalue weighted by molar-refractivity contribution is 7.47. The fraction of sp³-hybridized carbons (Fsp3) is 0.727. The molecule has 0 saturated carbocycles. The summed E-state index contributed by atoms with van der Waals surface area (Å²) in [6.07, 6.45) is 64.2. The van der Waals surface area contributed by atoms with Gasteiger partial charge in [-0.15, -0.1) is 0 Å². The van der Waals surface area contributed by atoms with E-state index in [0.29, 0.717) is 6.61 Å². The lowest BCUT2D eigenvalue weighted by Gasteiger charge is -2.20. The van der Waals surface area contributed by atoms with E-state index in [0.717, 1.165) is 83.5 Å². The van der Waals surface area contributed by atoms with Crippen LogP contribution in [0, 0.1) is 0 Å². The number of hydrogen-bond donors (Lipinski definition) is 3. The lowest BCUT2D eigenvalue weighted by molar-refractivity contribution is -0.154. The predicted octanol–water partition coefficient (Wildman–Crippen LogP) is 15.4. The van der Waals surface area contributed by atoms with Crippen LogP contribution in [0.4, 0.5) is 0 Å². The molecule has 9 nitrogen and oxygen atoms in total. The Labute approximate surface area is 398 Å². The highest BCUT2D eigenvalue weighted by Gasteiger charge is 2.26. The van der Waals surface area contributed by atoms with E-state index >= 15 is 0 Å². The molecule has 0 aliphatic carbocycles. The molecule has 376 valence electrons. The van der Waals surface area contributed by atoms with E-state index in [4.69, 9.17) is 23.6 Å². The van der Waals surface area contributed by atoms with Crippen LogP contribution in [0.3, 0.4) is 0 Å². The Morgan fingerprint density at radius 1 is 0.492 bits per heavy atom. The molecule has 0 rings (SSSR count). The standard InChI is InChI=1S/C55H97O9P/c1-3-5-7-9-11-13-15-17-19-21-23-25-26-27-28-30-32-34-36-38-40-42-44-46-48-61-51-54(52-63-65(59,60)62-50-53(57)49-56)64-55(58)47-45-43-41-39-37-35-33-31-29-24-22-20-18-16-14-12-10-8-6-4-2/h5,7,11,13,17,19,23,25,27-28,32,34,38,40,53-54,56-57H,3-4,6,8-10,12,14-16,18,20-22,24,26,29-31,33,35-37,39,41-52H2,1-2H3,(H,59,60)/b7-5-,13-11-,19-17-,25-23-,28-27-,34-32-,40-38-. The van der Waals surface area contributed by atoms with Gasteiger partial charge in [0.1, 0.15) is 12.2 Å². The van der Waals surface area contributed by atoms with Crippen LogP contribution < -0.4 is 0 Å². The lowest BCUT2D eigenvalue weighted by atomic mass is 10.0. The smallest absolute Gasteiger partial charge is 0.457 e. The molecule has 0 radical (unpaired) electrons. The molecule has 3 atom stereocenters. The van der Waals surface area contributed by atoms with Crippen LogP contribution in [0.1, 0.15) is 213 Å². The van der Waals surface area contributed by atoms with Crippen molar-refractivity contribution in [3.05, 3.63) is 85.1 Å². The molecule has 0 saturated heterocycles. The van der Waals surface area contributed by atoms with Gasteiger partial charge in [0.05, 0.1) is 26.4 Å². The number of aliphatic hydroxyl groups excluding tert-OH is 2. The van der Waals surface area contributed by atoms with Gasteiger partial charge < -0.3 is 24.6 Å². The van der Waals surface area contributed by atoms with Gasteiger partial charge in [0, 0.05) is 13.0 Å². The minimum Gasteiger partial charge on any atom is -0.457 e. The van der Waals surface area contributed by atoms with E-state index in [-0.39, 0.29) is 13.0 Å². The number of esters is 1. The van der Waals surface area contributed by atoms with Crippen LogP contribution in [0.2, 0.25) is 0 Å². The van der Waals surface area contributed by atoms with E-state index in [2.05, 4.69) is 98.9 Å². The minimum absolute atomic E-state index is 0.0166. The molecule has 0 aromatic rings. The number of allylic oxidation sites excluding steroid dienone is 14. The number of aliphatic hydroxyl groups is 2. The van der Waals surface area contributed by atoms with Gasteiger partial charge in [-0.25, -0.2) is 4.57 Å². The number of ether oxygens (including phenoxy) is 2. The molecular formula is C55H97O9P. The summed E-state index contributed by atoms with van der Waals surface area (Å²) in [5.74, 6) is -0.397. The number of unbranched alkanes of at least 4 members (excludes halogenated alkanes) is 21. The number of phosphoric ester groups is 1. The second-order valence-corrected chi connectivity index (χ2v) is 18.6. The molecule has 0 aliphatic heterocycles. The second kappa shape index (κ2) is 51.0. The Balaban J connectivity index is 4.17. The lowest BCUT2D eigenvalue weighted by Crippen LogP contribution is -2.29. The van der Waals surface area contributed by atoms with Crippen molar-refractivity contribution < 1.29 is 43.0 Å². The summed E-state index contributed by atoms with van der Waals surface area (Å²) in [7, 11) is -4.54. The van der Waals surface area contributed by atoms with Crippen LogP contribution in [-0.2, 0) is 27.9 Å². The maximum atomic E-state index is 12.7. The van der Waals surface area contributed by atoms with E-state index in [1.165, 1.54) is 109 Å². The molecule has 65 heavy (non-hydrogen) atoms. The summed E-state index contributed by atoms with van der Waals surface area (Å²) in [6, 6.07) is 0. The zero-order valence-corrected chi connectivity index (χ0v) is 42.3. The van der Waals surface area contributed by atoms with E-state index in [9.17, 15) is 19.4 Å². The van der Waals surface area contributed by atoms with Gasteiger partial charge in [0.2, 0.25) is 0 Å². The molecule has 10 heteroatoms. The first kappa shape index (κ1) is 62.6. The summed E-state index contributed by atoms with van der Waals surface area (Å²) in [5, 5.41) is 18.4. The number of rotatable bonds is 49.